The maximum atomic E-state index is 12.7. The lowest BCUT2D eigenvalue weighted by molar-refractivity contribution is -0.133. The van der Waals surface area contributed by atoms with Crippen LogP contribution >= 0.6 is 36.2 Å². The van der Waals surface area contributed by atoms with E-state index in [9.17, 15) is 4.79 Å². The number of furan rings is 1. The molecule has 1 saturated heterocycles. The standard InChI is InChI=1S/C17H23N3O2S.2ClH/c1-2-8-20(15-3-6-18-7-4-15)16(21)10-14-12-23-17(19-14)13-5-9-22-11-13;;/h5,9,11-12,15,18H,2-4,6-8,10H2,1H3;2*1H. The smallest absolute Gasteiger partial charge is 0.228 e. The Bertz CT molecular complexity index is 628. The first-order valence-electron chi connectivity index (χ1n) is 8.25. The predicted octanol–water partition coefficient (Wildman–Crippen LogP) is 3.78. The van der Waals surface area contributed by atoms with Crippen molar-refractivity contribution in [3.63, 3.8) is 0 Å². The monoisotopic (exact) mass is 405 g/mol. The van der Waals surface area contributed by atoms with Crippen LogP contribution in [0, 0.1) is 0 Å². The van der Waals surface area contributed by atoms with E-state index in [1.165, 1.54) is 0 Å². The number of aromatic nitrogens is 1. The average molecular weight is 406 g/mol. The fourth-order valence-electron chi connectivity index (χ4n) is 3.03. The lowest BCUT2D eigenvalue weighted by atomic mass is 10.0. The molecule has 1 aliphatic heterocycles. The van der Waals surface area contributed by atoms with Gasteiger partial charge >= 0.3 is 0 Å². The molecular weight excluding hydrogens is 381 g/mol. The quantitative estimate of drug-likeness (QED) is 0.793. The molecule has 3 rings (SSSR count). The summed E-state index contributed by atoms with van der Waals surface area (Å²) >= 11 is 1.56. The van der Waals surface area contributed by atoms with Crippen molar-refractivity contribution in [3.05, 3.63) is 29.7 Å². The maximum absolute atomic E-state index is 12.7. The van der Waals surface area contributed by atoms with Gasteiger partial charge in [0.15, 0.2) is 0 Å². The molecule has 5 nitrogen and oxygen atoms in total. The van der Waals surface area contributed by atoms with Crippen molar-refractivity contribution in [2.45, 2.75) is 38.6 Å². The molecule has 8 heteroatoms. The molecule has 2 aromatic rings. The van der Waals surface area contributed by atoms with Crippen molar-refractivity contribution in [2.24, 2.45) is 0 Å². The van der Waals surface area contributed by atoms with Crippen LogP contribution in [-0.4, -0.2) is 41.5 Å². The predicted molar refractivity (Wildman–Crippen MR) is 106 cm³/mol. The molecule has 1 fully saturated rings. The maximum Gasteiger partial charge on any atom is 0.228 e. The molecule has 1 aliphatic rings. The van der Waals surface area contributed by atoms with Gasteiger partial charge in [-0.3, -0.25) is 4.79 Å². The number of nitrogens with one attached hydrogen (secondary N) is 1. The second-order valence-corrected chi connectivity index (χ2v) is 6.76. The van der Waals surface area contributed by atoms with E-state index < -0.39 is 0 Å². The molecule has 0 radical (unpaired) electrons. The number of halogens is 2. The normalized spacial score (nSPS) is 14.4. The van der Waals surface area contributed by atoms with Crippen LogP contribution in [0.5, 0.6) is 0 Å². The summed E-state index contributed by atoms with van der Waals surface area (Å²) in [6, 6.07) is 2.26. The number of carbonyl (C=O) groups excluding carboxylic acids is 1. The first-order chi connectivity index (χ1) is 11.3. The fourth-order valence-corrected chi connectivity index (χ4v) is 3.84. The van der Waals surface area contributed by atoms with Gasteiger partial charge in [-0.2, -0.15) is 0 Å². The van der Waals surface area contributed by atoms with Crippen LogP contribution in [-0.2, 0) is 11.2 Å². The van der Waals surface area contributed by atoms with Crippen LogP contribution < -0.4 is 5.32 Å². The van der Waals surface area contributed by atoms with Gasteiger partial charge in [-0.25, -0.2) is 4.98 Å². The van der Waals surface area contributed by atoms with Crippen molar-refractivity contribution >= 4 is 42.1 Å². The summed E-state index contributed by atoms with van der Waals surface area (Å²) in [5.41, 5.74) is 1.82. The molecule has 0 atom stereocenters. The van der Waals surface area contributed by atoms with Gasteiger partial charge in [-0.1, -0.05) is 6.92 Å². The zero-order valence-corrected chi connectivity index (χ0v) is 16.7. The number of nitrogens with zero attached hydrogens (tertiary/aromatic N) is 2. The highest BCUT2D eigenvalue weighted by Crippen LogP contribution is 2.24. The number of piperidine rings is 1. The summed E-state index contributed by atoms with van der Waals surface area (Å²) < 4.78 is 5.09. The van der Waals surface area contributed by atoms with Gasteiger partial charge in [-0.05, 0) is 38.4 Å². The van der Waals surface area contributed by atoms with E-state index in [2.05, 4.69) is 22.1 Å². The minimum absolute atomic E-state index is 0. The summed E-state index contributed by atoms with van der Waals surface area (Å²) in [6.07, 6.45) is 6.79. The van der Waals surface area contributed by atoms with E-state index in [0.29, 0.717) is 12.5 Å². The highest BCUT2D eigenvalue weighted by atomic mass is 35.5. The third-order valence-corrected chi connectivity index (χ3v) is 5.13. The van der Waals surface area contributed by atoms with E-state index >= 15 is 0 Å². The molecule has 140 valence electrons. The molecule has 0 spiro atoms. The first-order valence-corrected chi connectivity index (χ1v) is 9.13. The van der Waals surface area contributed by atoms with Gasteiger partial charge in [0.05, 0.1) is 18.4 Å². The third kappa shape index (κ3) is 5.71. The van der Waals surface area contributed by atoms with E-state index in [4.69, 9.17) is 4.42 Å². The Morgan fingerprint density at radius 3 is 2.80 bits per heavy atom. The lowest BCUT2D eigenvalue weighted by Gasteiger charge is -2.34. The Morgan fingerprint density at radius 1 is 1.40 bits per heavy atom. The molecule has 0 bridgehead atoms. The molecule has 0 unspecified atom stereocenters. The Labute approximate surface area is 165 Å². The van der Waals surface area contributed by atoms with Crippen molar-refractivity contribution in [3.8, 4) is 10.6 Å². The number of carbonyl (C=O) groups is 1. The van der Waals surface area contributed by atoms with E-state index in [1.54, 1.807) is 23.9 Å². The van der Waals surface area contributed by atoms with Crippen molar-refractivity contribution in [1.29, 1.82) is 0 Å². The summed E-state index contributed by atoms with van der Waals surface area (Å²) in [4.78, 5) is 19.4. The lowest BCUT2D eigenvalue weighted by Crippen LogP contribution is -2.47. The van der Waals surface area contributed by atoms with Crippen molar-refractivity contribution in [2.75, 3.05) is 19.6 Å². The topological polar surface area (TPSA) is 58.4 Å². The van der Waals surface area contributed by atoms with Crippen molar-refractivity contribution < 1.29 is 9.21 Å². The summed E-state index contributed by atoms with van der Waals surface area (Å²) in [5.74, 6) is 0.197. The highest BCUT2D eigenvalue weighted by Gasteiger charge is 2.25. The summed E-state index contributed by atoms with van der Waals surface area (Å²) in [7, 11) is 0. The Kier molecular flexibility index (Phi) is 9.50. The Hall–Kier alpha value is -1.08. The van der Waals surface area contributed by atoms with Crippen LogP contribution in [0.15, 0.2) is 28.4 Å². The van der Waals surface area contributed by atoms with E-state index in [-0.39, 0.29) is 30.7 Å². The minimum Gasteiger partial charge on any atom is -0.472 e. The van der Waals surface area contributed by atoms with Crippen molar-refractivity contribution in [1.82, 2.24) is 15.2 Å². The number of rotatable bonds is 6. The molecule has 2 aromatic heterocycles. The van der Waals surface area contributed by atoms with Gasteiger partial charge in [0.25, 0.3) is 0 Å². The van der Waals surface area contributed by atoms with Gasteiger partial charge in [0, 0.05) is 23.5 Å². The summed E-state index contributed by atoms with van der Waals surface area (Å²) in [6.45, 7) is 4.96. The van der Waals surface area contributed by atoms with Crippen LogP contribution in [0.1, 0.15) is 31.9 Å². The Balaban J connectivity index is 0.00000156. The zero-order valence-electron chi connectivity index (χ0n) is 14.3. The molecule has 25 heavy (non-hydrogen) atoms. The molecule has 1 N–H and O–H groups in total. The van der Waals surface area contributed by atoms with Gasteiger partial charge in [0.1, 0.15) is 11.3 Å². The molecular formula is C17H25Cl2N3O2S. The summed E-state index contributed by atoms with van der Waals surface area (Å²) in [5, 5.41) is 6.25. The largest absolute Gasteiger partial charge is 0.472 e. The first kappa shape index (κ1) is 22.0. The van der Waals surface area contributed by atoms with E-state index in [0.717, 1.165) is 55.2 Å². The SMILES string of the molecule is CCCN(C(=O)Cc1csc(-c2ccoc2)n1)C1CCNCC1.Cl.Cl. The van der Waals surface area contributed by atoms with Crippen LogP contribution in [0.2, 0.25) is 0 Å². The fraction of sp³-hybridized carbons (Fsp3) is 0.529. The number of hydrogen-bond acceptors (Lipinski definition) is 5. The van der Waals surface area contributed by atoms with E-state index in [1.807, 2.05) is 11.4 Å². The second-order valence-electron chi connectivity index (χ2n) is 5.90. The molecule has 0 aliphatic carbocycles. The highest BCUT2D eigenvalue weighted by molar-refractivity contribution is 7.13. The molecule has 1 amide bonds. The second kappa shape index (κ2) is 10.8. The third-order valence-electron chi connectivity index (χ3n) is 4.19. The van der Waals surface area contributed by atoms with Gasteiger partial charge in [0.2, 0.25) is 5.91 Å². The number of thiazole rings is 1. The Morgan fingerprint density at radius 2 is 2.16 bits per heavy atom. The van der Waals surface area contributed by atoms with Crippen LogP contribution in [0.25, 0.3) is 10.6 Å². The molecule has 0 aromatic carbocycles. The molecule has 0 saturated carbocycles. The van der Waals surface area contributed by atoms with Crippen LogP contribution in [0.4, 0.5) is 0 Å². The molecule has 3 heterocycles. The van der Waals surface area contributed by atoms with Gasteiger partial charge < -0.3 is 14.6 Å². The minimum atomic E-state index is 0. The number of hydrogen-bond donors (Lipinski definition) is 1. The number of amides is 1. The van der Waals surface area contributed by atoms with Crippen LogP contribution in [0.3, 0.4) is 0 Å². The van der Waals surface area contributed by atoms with Gasteiger partial charge in [-0.15, -0.1) is 36.2 Å². The average Bonchev–Trinajstić information content (AvgIpc) is 3.24. The zero-order chi connectivity index (χ0) is 16.1.